The summed E-state index contributed by atoms with van der Waals surface area (Å²) in [6.07, 6.45) is 16.5. The smallest absolute Gasteiger partial charge is 0.308 e. The summed E-state index contributed by atoms with van der Waals surface area (Å²) >= 11 is 0. The summed E-state index contributed by atoms with van der Waals surface area (Å²) in [6, 6.07) is 0. The van der Waals surface area contributed by atoms with Crippen LogP contribution in [0.1, 0.15) is 84.5 Å². The molecule has 0 aromatic rings. The van der Waals surface area contributed by atoms with Gasteiger partial charge in [-0.15, -0.1) is 0 Å². The van der Waals surface area contributed by atoms with E-state index < -0.39 is 42.8 Å². The van der Waals surface area contributed by atoms with Gasteiger partial charge in [0.15, 0.2) is 0 Å². The number of aliphatic hydroxyl groups excluding tert-OH is 4. The summed E-state index contributed by atoms with van der Waals surface area (Å²) in [5, 5.41) is 39.6. The molecule has 33 heavy (non-hydrogen) atoms. The lowest BCUT2D eigenvalue weighted by molar-refractivity contribution is -0.352. The van der Waals surface area contributed by atoms with Gasteiger partial charge in [0.25, 0.3) is 0 Å². The minimum absolute atomic E-state index is 0.0827. The third-order valence-corrected chi connectivity index (χ3v) is 5.85. The van der Waals surface area contributed by atoms with Gasteiger partial charge in [-0.25, -0.2) is 0 Å². The molecule has 0 radical (unpaired) electrons. The van der Waals surface area contributed by atoms with Crippen molar-refractivity contribution in [3.05, 3.63) is 36.5 Å². The minimum atomic E-state index is -1.77. The molecular weight excluding hydrogens is 424 g/mol. The molecule has 0 amide bonds. The Morgan fingerprint density at radius 3 is 2.12 bits per heavy atom. The number of hydrogen-bond acceptors (Lipinski definition) is 7. The maximum atomic E-state index is 12.3. The van der Waals surface area contributed by atoms with E-state index >= 15 is 0 Å². The Kier molecular flexibility index (Phi) is 15.2. The van der Waals surface area contributed by atoms with Crippen molar-refractivity contribution < 1.29 is 34.7 Å². The van der Waals surface area contributed by atoms with Crippen LogP contribution < -0.4 is 0 Å². The number of allylic oxidation sites excluding steroid dienone is 6. The summed E-state index contributed by atoms with van der Waals surface area (Å²) in [7, 11) is 0. The lowest BCUT2D eigenvalue weighted by atomic mass is 9.91. The Balaban J connectivity index is 2.19. The molecule has 1 fully saturated rings. The lowest BCUT2D eigenvalue weighted by Crippen LogP contribution is -2.66. The fourth-order valence-corrected chi connectivity index (χ4v) is 3.79. The van der Waals surface area contributed by atoms with E-state index in [4.69, 9.17) is 9.47 Å². The average Bonchev–Trinajstić information content (AvgIpc) is 2.82. The minimum Gasteiger partial charge on any atom is -0.430 e. The summed E-state index contributed by atoms with van der Waals surface area (Å²) < 4.78 is 10.9. The van der Waals surface area contributed by atoms with E-state index in [1.807, 2.05) is 0 Å². The normalized spacial score (nSPS) is 28.3. The van der Waals surface area contributed by atoms with Crippen LogP contribution in [0.2, 0.25) is 0 Å². The highest BCUT2D eigenvalue weighted by molar-refractivity contribution is 5.69. The van der Waals surface area contributed by atoms with Gasteiger partial charge in [0.1, 0.15) is 24.4 Å². The Hall–Kier alpha value is -1.51. The van der Waals surface area contributed by atoms with Gasteiger partial charge in [0, 0.05) is 12.8 Å². The van der Waals surface area contributed by atoms with E-state index in [9.17, 15) is 25.2 Å². The molecule has 0 spiro atoms. The number of carbonyl (C=O) groups is 1. The number of rotatable bonds is 16. The molecule has 5 atom stereocenters. The van der Waals surface area contributed by atoms with Crippen LogP contribution in [0.25, 0.3) is 0 Å². The van der Waals surface area contributed by atoms with Crippen LogP contribution in [0.4, 0.5) is 0 Å². The molecule has 1 aliphatic heterocycles. The van der Waals surface area contributed by atoms with Crippen molar-refractivity contribution in [3.8, 4) is 0 Å². The van der Waals surface area contributed by atoms with Crippen LogP contribution >= 0.6 is 0 Å². The molecule has 1 rings (SSSR count). The van der Waals surface area contributed by atoms with Crippen molar-refractivity contribution >= 4 is 5.97 Å². The number of hydrogen-bond donors (Lipinski definition) is 4. The van der Waals surface area contributed by atoms with Gasteiger partial charge in [-0.3, -0.25) is 4.79 Å². The highest BCUT2D eigenvalue weighted by atomic mass is 16.7. The van der Waals surface area contributed by atoms with Crippen LogP contribution in [-0.2, 0) is 14.3 Å². The van der Waals surface area contributed by atoms with Crippen molar-refractivity contribution in [2.75, 3.05) is 6.61 Å². The quantitative estimate of drug-likeness (QED) is 0.155. The summed E-state index contributed by atoms with van der Waals surface area (Å²) in [4.78, 5) is 12.3. The predicted octanol–water partition coefficient (Wildman–Crippen LogP) is 3.70. The zero-order chi connectivity index (χ0) is 24.5. The van der Waals surface area contributed by atoms with Crippen molar-refractivity contribution in [2.24, 2.45) is 0 Å². The Labute approximate surface area is 198 Å². The Morgan fingerprint density at radius 2 is 1.48 bits per heavy atom. The fraction of sp³-hybridized carbons (Fsp3) is 0.731. The third-order valence-electron chi connectivity index (χ3n) is 5.85. The maximum Gasteiger partial charge on any atom is 0.308 e. The number of unbranched alkanes of at least 4 members (excludes halogenated alkanes) is 5. The Morgan fingerprint density at radius 1 is 0.879 bits per heavy atom. The molecule has 0 aromatic heterocycles. The van der Waals surface area contributed by atoms with E-state index in [1.165, 1.54) is 0 Å². The standard InChI is InChI=1S/C26H44O7/c1-3-5-6-7-8-9-10-11-12-13-14-15-16-17-18-19-22(28)33-26(4-2)25(31)24(30)23(29)21(20-27)32-26/h5-6,8-9,11-12,21,23-25,27,29-31H,3-4,7,10,13-20H2,1-2H3/t21-,23-,24+,25-,26-/m1/s1. The van der Waals surface area contributed by atoms with E-state index in [0.29, 0.717) is 6.42 Å². The topological polar surface area (TPSA) is 116 Å². The second kappa shape index (κ2) is 17.0. The summed E-state index contributed by atoms with van der Waals surface area (Å²) in [5.41, 5.74) is 0. The largest absolute Gasteiger partial charge is 0.430 e. The predicted molar refractivity (Wildman–Crippen MR) is 128 cm³/mol. The summed E-state index contributed by atoms with van der Waals surface area (Å²) in [6.45, 7) is 3.21. The molecule has 1 saturated heterocycles. The van der Waals surface area contributed by atoms with E-state index in [2.05, 4.69) is 43.4 Å². The molecule has 0 bridgehead atoms. The first-order valence-corrected chi connectivity index (χ1v) is 12.4. The van der Waals surface area contributed by atoms with Crippen LogP contribution in [0, 0.1) is 0 Å². The summed E-state index contributed by atoms with van der Waals surface area (Å²) in [5.74, 6) is -2.30. The van der Waals surface area contributed by atoms with Crippen molar-refractivity contribution in [1.82, 2.24) is 0 Å². The molecule has 0 saturated carbocycles. The van der Waals surface area contributed by atoms with E-state index in [-0.39, 0.29) is 12.8 Å². The molecular formula is C26H44O7. The van der Waals surface area contributed by atoms with Gasteiger partial charge in [0.05, 0.1) is 6.61 Å². The SMILES string of the molecule is CCC=CCC=CCC=CCCCCCCCC(=O)O[C@@]1(CC)O[C@H](CO)[C@@H](O)[C@H](O)[C@H]1O. The highest BCUT2D eigenvalue weighted by Gasteiger charge is 2.55. The molecule has 0 aliphatic carbocycles. The fourth-order valence-electron chi connectivity index (χ4n) is 3.79. The van der Waals surface area contributed by atoms with Gasteiger partial charge in [0.2, 0.25) is 5.79 Å². The van der Waals surface area contributed by atoms with E-state index in [0.717, 1.165) is 51.4 Å². The second-order valence-corrected chi connectivity index (χ2v) is 8.50. The molecule has 1 aliphatic rings. The number of carbonyl (C=O) groups excluding carboxylic acids is 1. The lowest BCUT2D eigenvalue weighted by Gasteiger charge is -2.47. The zero-order valence-corrected chi connectivity index (χ0v) is 20.3. The maximum absolute atomic E-state index is 12.3. The number of aliphatic hydroxyl groups is 4. The van der Waals surface area contributed by atoms with Crippen LogP contribution in [-0.4, -0.2) is 63.2 Å². The third kappa shape index (κ3) is 10.5. The first-order chi connectivity index (χ1) is 15.9. The monoisotopic (exact) mass is 468 g/mol. The van der Waals surface area contributed by atoms with Gasteiger partial charge < -0.3 is 29.9 Å². The van der Waals surface area contributed by atoms with Crippen LogP contribution in [0.3, 0.4) is 0 Å². The zero-order valence-electron chi connectivity index (χ0n) is 20.3. The first kappa shape index (κ1) is 29.5. The molecule has 7 nitrogen and oxygen atoms in total. The van der Waals surface area contributed by atoms with Crippen molar-refractivity contribution in [1.29, 1.82) is 0 Å². The van der Waals surface area contributed by atoms with Gasteiger partial charge in [-0.2, -0.15) is 0 Å². The molecule has 7 heteroatoms. The number of ether oxygens (including phenoxy) is 2. The average molecular weight is 469 g/mol. The first-order valence-electron chi connectivity index (χ1n) is 12.4. The van der Waals surface area contributed by atoms with Crippen molar-refractivity contribution in [2.45, 2.75) is 115 Å². The molecule has 4 N–H and O–H groups in total. The van der Waals surface area contributed by atoms with Crippen LogP contribution in [0.5, 0.6) is 0 Å². The molecule has 0 aromatic carbocycles. The second-order valence-electron chi connectivity index (χ2n) is 8.50. The van der Waals surface area contributed by atoms with Crippen molar-refractivity contribution in [3.63, 3.8) is 0 Å². The van der Waals surface area contributed by atoms with Gasteiger partial charge in [-0.1, -0.05) is 69.6 Å². The molecule has 1 heterocycles. The van der Waals surface area contributed by atoms with E-state index in [1.54, 1.807) is 6.92 Å². The van der Waals surface area contributed by atoms with Gasteiger partial charge >= 0.3 is 5.97 Å². The van der Waals surface area contributed by atoms with Crippen LogP contribution in [0.15, 0.2) is 36.5 Å². The molecule has 0 unspecified atom stereocenters. The number of esters is 1. The highest BCUT2D eigenvalue weighted by Crippen LogP contribution is 2.34. The Bertz CT molecular complexity index is 614. The molecule has 190 valence electrons. The van der Waals surface area contributed by atoms with Gasteiger partial charge in [-0.05, 0) is 38.5 Å².